The highest BCUT2D eigenvalue weighted by Crippen LogP contribution is 2.64. The molecule has 0 radical (unpaired) electrons. The first-order valence-corrected chi connectivity index (χ1v) is 26.4. The van der Waals surface area contributed by atoms with Crippen LogP contribution in [0.25, 0.3) is 77.6 Å². The van der Waals surface area contributed by atoms with E-state index in [1.54, 1.807) is 0 Å². The molecule has 0 atom stereocenters. The van der Waals surface area contributed by atoms with Gasteiger partial charge in [0, 0.05) is 49.6 Å². The van der Waals surface area contributed by atoms with E-state index in [0.717, 1.165) is 28.2 Å². The smallest absolute Gasteiger partial charge is 0.144 e. The van der Waals surface area contributed by atoms with Crippen LogP contribution in [0, 0.1) is 27.7 Å². The zero-order valence-electron chi connectivity index (χ0n) is 44.9. The third-order valence-electron chi connectivity index (χ3n) is 17.5. The number of anilines is 3. The summed E-state index contributed by atoms with van der Waals surface area (Å²) in [4.78, 5) is 2.53. The van der Waals surface area contributed by atoms with Gasteiger partial charge in [-0.2, -0.15) is 0 Å². The van der Waals surface area contributed by atoms with E-state index in [0.29, 0.717) is 0 Å². The second-order valence-corrected chi connectivity index (χ2v) is 24.3. The van der Waals surface area contributed by atoms with Gasteiger partial charge in [-0.1, -0.05) is 172 Å². The van der Waals surface area contributed by atoms with Gasteiger partial charge in [0.05, 0.1) is 0 Å². The van der Waals surface area contributed by atoms with Gasteiger partial charge in [0.25, 0.3) is 0 Å². The van der Waals surface area contributed by atoms with Crippen molar-refractivity contribution >= 4 is 39.0 Å². The van der Waals surface area contributed by atoms with Crippen molar-refractivity contribution in [1.29, 1.82) is 0 Å². The number of nitrogens with zero attached hydrogens (tertiary/aromatic N) is 1. The van der Waals surface area contributed by atoms with E-state index in [1.165, 1.54) is 128 Å². The van der Waals surface area contributed by atoms with E-state index in [1.807, 2.05) is 0 Å². The third kappa shape index (κ3) is 6.29. The van der Waals surface area contributed by atoms with Crippen LogP contribution in [0.2, 0.25) is 0 Å². The highest BCUT2D eigenvalue weighted by Gasteiger charge is 2.49. The zero-order valence-corrected chi connectivity index (χ0v) is 44.9. The average Bonchev–Trinajstić information content (AvgIpc) is 4.00. The fourth-order valence-corrected chi connectivity index (χ4v) is 14.1. The lowest BCUT2D eigenvalue weighted by atomic mass is 9.72. The second kappa shape index (κ2) is 15.3. The molecule has 10 aromatic rings. The molecule has 9 aromatic carbocycles. The SMILES string of the molecule is Cc1cc(C)cc(N(c2ccc3c(c2)C(C)(C)c2cc(-c4ccccc4C(C)(C)C)c(C)c(-c4ccccc4C)c2-3)c2ccc3c(c2)C(C)(C)c2c4c(c5oc6ccccc6c5c2-3)-c2ccccc2C4(C)C)c1. The molecule has 360 valence electrons. The quantitative estimate of drug-likeness (QED) is 0.171. The molecule has 1 aromatic heterocycles. The van der Waals surface area contributed by atoms with Crippen molar-refractivity contribution in [2.75, 3.05) is 4.90 Å². The fraction of sp³-hybridized carbons (Fsp3) is 0.239. The molecule has 73 heavy (non-hydrogen) atoms. The van der Waals surface area contributed by atoms with Gasteiger partial charge in [-0.05, 0) is 193 Å². The van der Waals surface area contributed by atoms with Crippen molar-refractivity contribution in [1.82, 2.24) is 0 Å². The summed E-state index contributed by atoms with van der Waals surface area (Å²) in [5, 5.41) is 2.41. The van der Waals surface area contributed by atoms with Gasteiger partial charge in [0.2, 0.25) is 0 Å². The van der Waals surface area contributed by atoms with Crippen LogP contribution in [0.3, 0.4) is 0 Å². The van der Waals surface area contributed by atoms with Crippen LogP contribution in [-0.2, 0) is 21.7 Å². The molecule has 0 N–H and O–H groups in total. The zero-order chi connectivity index (χ0) is 50.8. The number of aryl methyl sites for hydroxylation is 3. The van der Waals surface area contributed by atoms with Crippen LogP contribution >= 0.6 is 0 Å². The topological polar surface area (TPSA) is 16.4 Å². The molecule has 0 saturated heterocycles. The normalized spacial score (nSPS) is 15.2. The maximum Gasteiger partial charge on any atom is 0.144 e. The Balaban J connectivity index is 1.03. The molecule has 0 amide bonds. The molecular formula is C71H65NO. The molecule has 0 fully saturated rings. The number of hydrogen-bond donors (Lipinski definition) is 0. The Bertz CT molecular complexity index is 4010. The molecule has 3 aliphatic carbocycles. The van der Waals surface area contributed by atoms with Gasteiger partial charge < -0.3 is 9.32 Å². The maximum absolute atomic E-state index is 7.01. The number of hydrogen-bond acceptors (Lipinski definition) is 2. The first-order chi connectivity index (χ1) is 34.8. The Morgan fingerprint density at radius 2 is 0.959 bits per heavy atom. The van der Waals surface area contributed by atoms with Crippen LogP contribution in [-0.4, -0.2) is 0 Å². The second-order valence-electron chi connectivity index (χ2n) is 24.3. The average molecular weight is 948 g/mol. The minimum atomic E-state index is -0.320. The summed E-state index contributed by atoms with van der Waals surface area (Å²) in [5.41, 5.74) is 32.4. The Kier molecular flexibility index (Phi) is 9.53. The van der Waals surface area contributed by atoms with Gasteiger partial charge in [-0.3, -0.25) is 0 Å². The predicted molar refractivity (Wildman–Crippen MR) is 310 cm³/mol. The summed E-state index contributed by atoms with van der Waals surface area (Å²) in [5.74, 6) is 0. The summed E-state index contributed by atoms with van der Waals surface area (Å²) in [7, 11) is 0. The van der Waals surface area contributed by atoms with Gasteiger partial charge in [-0.25, -0.2) is 0 Å². The fourth-order valence-electron chi connectivity index (χ4n) is 14.1. The van der Waals surface area contributed by atoms with E-state index < -0.39 is 0 Å². The van der Waals surface area contributed by atoms with Crippen LogP contribution < -0.4 is 4.90 Å². The molecule has 0 spiro atoms. The van der Waals surface area contributed by atoms with Crippen molar-refractivity contribution in [2.24, 2.45) is 0 Å². The monoisotopic (exact) mass is 948 g/mol. The number of fused-ring (bicyclic) bond motifs is 15. The number of furan rings is 1. The largest absolute Gasteiger partial charge is 0.455 e. The van der Waals surface area contributed by atoms with Crippen molar-refractivity contribution in [2.45, 2.75) is 112 Å². The standard InChI is InChI=1S/C71H65NO/c1-40-34-41(2)36-46(35-40)72(44-30-32-50-56(37-44)69(8,9)58-39-53(48-24-16-19-27-54(48)68(5,6)7)43(4)60(61(50)58)47-23-15-14-22-42(47)3)45-31-33-51-57(38-45)71(12,13)65-62(51)63-52-26-18-21-29-59(52)73-67(63)64-49-25-17-20-28-55(49)70(10,11)66(64)65/h14-39H,1-13H3. The number of benzene rings is 9. The van der Waals surface area contributed by atoms with Crippen molar-refractivity contribution in [3.8, 4) is 55.6 Å². The molecule has 0 bridgehead atoms. The minimum Gasteiger partial charge on any atom is -0.455 e. The first kappa shape index (κ1) is 45.4. The van der Waals surface area contributed by atoms with Gasteiger partial charge in [-0.15, -0.1) is 0 Å². The van der Waals surface area contributed by atoms with Gasteiger partial charge in [0.1, 0.15) is 11.2 Å². The first-order valence-electron chi connectivity index (χ1n) is 26.4. The summed E-state index contributed by atoms with van der Waals surface area (Å²) in [6.45, 7) is 30.8. The van der Waals surface area contributed by atoms with E-state index in [9.17, 15) is 0 Å². The summed E-state index contributed by atoms with van der Waals surface area (Å²) in [6.07, 6.45) is 0. The molecule has 13 rings (SSSR count). The summed E-state index contributed by atoms with van der Waals surface area (Å²) < 4.78 is 7.01. The van der Waals surface area contributed by atoms with E-state index in [4.69, 9.17) is 4.42 Å². The molecule has 2 nitrogen and oxygen atoms in total. The minimum absolute atomic E-state index is 0.0201. The lowest BCUT2D eigenvalue weighted by Crippen LogP contribution is -2.24. The Hall–Kier alpha value is -7.42. The molecular weight excluding hydrogens is 883 g/mol. The van der Waals surface area contributed by atoms with Crippen molar-refractivity contribution in [3.63, 3.8) is 0 Å². The van der Waals surface area contributed by atoms with E-state index in [-0.39, 0.29) is 21.7 Å². The molecule has 0 saturated carbocycles. The Labute approximate surface area is 432 Å². The van der Waals surface area contributed by atoms with Crippen molar-refractivity contribution < 1.29 is 4.42 Å². The maximum atomic E-state index is 7.01. The summed E-state index contributed by atoms with van der Waals surface area (Å²) >= 11 is 0. The molecule has 2 heteroatoms. The highest BCUT2D eigenvalue weighted by molar-refractivity contribution is 6.21. The Morgan fingerprint density at radius 3 is 1.64 bits per heavy atom. The van der Waals surface area contributed by atoms with E-state index >= 15 is 0 Å². The highest BCUT2D eigenvalue weighted by atomic mass is 16.3. The van der Waals surface area contributed by atoms with Gasteiger partial charge >= 0.3 is 0 Å². The summed E-state index contributed by atoms with van der Waals surface area (Å²) in [6, 6.07) is 60.0. The number of para-hydroxylation sites is 1. The molecule has 0 unspecified atom stereocenters. The third-order valence-corrected chi connectivity index (χ3v) is 17.5. The van der Waals surface area contributed by atoms with Crippen LogP contribution in [0.15, 0.2) is 162 Å². The molecule has 3 aliphatic rings. The lowest BCUT2D eigenvalue weighted by molar-refractivity contribution is 0.592. The van der Waals surface area contributed by atoms with Gasteiger partial charge in [0.15, 0.2) is 0 Å². The van der Waals surface area contributed by atoms with Crippen LogP contribution in [0.4, 0.5) is 17.1 Å². The van der Waals surface area contributed by atoms with Crippen LogP contribution in [0.1, 0.15) is 124 Å². The van der Waals surface area contributed by atoms with Crippen LogP contribution in [0.5, 0.6) is 0 Å². The predicted octanol–water partition coefficient (Wildman–Crippen LogP) is 19.8. The lowest BCUT2D eigenvalue weighted by Gasteiger charge is -2.32. The Morgan fingerprint density at radius 1 is 0.411 bits per heavy atom. The molecule has 1 heterocycles. The number of rotatable bonds is 5. The van der Waals surface area contributed by atoms with Crippen molar-refractivity contribution in [3.05, 3.63) is 219 Å². The molecule has 0 aliphatic heterocycles. The van der Waals surface area contributed by atoms with E-state index in [2.05, 4.69) is 253 Å².